The van der Waals surface area contributed by atoms with Gasteiger partial charge in [-0.05, 0) is 25.1 Å². The number of nitrogens with zero attached hydrogens (tertiary/aromatic N) is 2. The lowest BCUT2D eigenvalue weighted by molar-refractivity contribution is 0.122. The molecule has 1 heterocycles. The van der Waals surface area contributed by atoms with Gasteiger partial charge in [0.1, 0.15) is 0 Å². The van der Waals surface area contributed by atoms with E-state index in [1.807, 2.05) is 0 Å². The minimum absolute atomic E-state index is 0.259. The zero-order valence-corrected chi connectivity index (χ0v) is 11.7. The van der Waals surface area contributed by atoms with Crippen molar-refractivity contribution in [2.24, 2.45) is 0 Å². The van der Waals surface area contributed by atoms with Crippen molar-refractivity contribution in [2.45, 2.75) is 13.0 Å². The highest BCUT2D eigenvalue weighted by Gasteiger charge is 2.14. The Kier molecular flexibility index (Phi) is 5.63. The first-order chi connectivity index (χ1) is 9.31. The van der Waals surface area contributed by atoms with Crippen molar-refractivity contribution in [1.29, 1.82) is 0 Å². The van der Waals surface area contributed by atoms with E-state index in [0.29, 0.717) is 0 Å². The first-order valence-corrected chi connectivity index (χ1v) is 7.01. The number of benzene rings is 1. The monoisotopic (exact) mass is 264 g/mol. The SMILES string of the molecule is CN(CCCO)Cc1ccccc1N1CCOCC1. The molecule has 4 heteroatoms. The van der Waals surface area contributed by atoms with Gasteiger partial charge in [0.25, 0.3) is 0 Å². The number of morpholine rings is 1. The van der Waals surface area contributed by atoms with Gasteiger partial charge >= 0.3 is 0 Å². The molecule has 1 aliphatic heterocycles. The van der Waals surface area contributed by atoms with Crippen molar-refractivity contribution < 1.29 is 9.84 Å². The molecule has 1 N–H and O–H groups in total. The van der Waals surface area contributed by atoms with E-state index >= 15 is 0 Å². The van der Waals surface area contributed by atoms with Gasteiger partial charge in [0, 0.05) is 38.5 Å². The number of para-hydroxylation sites is 1. The summed E-state index contributed by atoms with van der Waals surface area (Å²) in [5.74, 6) is 0. The van der Waals surface area contributed by atoms with Crippen molar-refractivity contribution in [3.63, 3.8) is 0 Å². The third kappa shape index (κ3) is 4.20. The zero-order chi connectivity index (χ0) is 13.5. The first-order valence-electron chi connectivity index (χ1n) is 7.01. The minimum Gasteiger partial charge on any atom is -0.396 e. The van der Waals surface area contributed by atoms with Crippen LogP contribution in [0.3, 0.4) is 0 Å². The molecule has 0 spiro atoms. The summed E-state index contributed by atoms with van der Waals surface area (Å²) in [5.41, 5.74) is 2.67. The van der Waals surface area contributed by atoms with Crippen LogP contribution in [0.5, 0.6) is 0 Å². The Morgan fingerprint density at radius 2 is 2.00 bits per heavy atom. The fourth-order valence-electron chi connectivity index (χ4n) is 2.47. The minimum atomic E-state index is 0.259. The van der Waals surface area contributed by atoms with Gasteiger partial charge in [-0.15, -0.1) is 0 Å². The highest BCUT2D eigenvalue weighted by molar-refractivity contribution is 5.53. The second-order valence-corrected chi connectivity index (χ2v) is 5.04. The summed E-state index contributed by atoms with van der Waals surface area (Å²) in [6.45, 7) is 5.68. The van der Waals surface area contributed by atoms with Crippen LogP contribution in [0.15, 0.2) is 24.3 Å². The summed E-state index contributed by atoms with van der Waals surface area (Å²) >= 11 is 0. The molecule has 0 amide bonds. The van der Waals surface area contributed by atoms with Crippen LogP contribution in [-0.2, 0) is 11.3 Å². The van der Waals surface area contributed by atoms with E-state index in [0.717, 1.165) is 45.8 Å². The maximum atomic E-state index is 8.89. The van der Waals surface area contributed by atoms with Gasteiger partial charge < -0.3 is 19.6 Å². The predicted molar refractivity (Wildman–Crippen MR) is 77.5 cm³/mol. The molecule has 0 unspecified atom stereocenters. The van der Waals surface area contributed by atoms with Crippen LogP contribution in [0.1, 0.15) is 12.0 Å². The number of anilines is 1. The summed E-state index contributed by atoms with van der Waals surface area (Å²) in [6, 6.07) is 8.59. The normalized spacial score (nSPS) is 16.1. The molecule has 0 atom stereocenters. The molecule has 0 radical (unpaired) electrons. The van der Waals surface area contributed by atoms with Gasteiger partial charge in [-0.2, -0.15) is 0 Å². The smallest absolute Gasteiger partial charge is 0.0642 e. The first kappa shape index (κ1) is 14.3. The fourth-order valence-corrected chi connectivity index (χ4v) is 2.47. The average molecular weight is 264 g/mol. The Bertz CT molecular complexity index is 378. The third-order valence-electron chi connectivity index (χ3n) is 3.48. The van der Waals surface area contributed by atoms with Crippen molar-refractivity contribution in [2.75, 3.05) is 51.4 Å². The molecule has 19 heavy (non-hydrogen) atoms. The largest absolute Gasteiger partial charge is 0.396 e. The summed E-state index contributed by atoms with van der Waals surface area (Å²) in [4.78, 5) is 4.66. The van der Waals surface area contributed by atoms with Crippen molar-refractivity contribution in [3.8, 4) is 0 Å². The molecule has 1 aliphatic rings. The number of aliphatic hydroxyl groups is 1. The molecule has 1 aromatic carbocycles. The molecule has 0 aromatic heterocycles. The lowest BCUT2D eigenvalue weighted by Gasteiger charge is -2.31. The molecule has 1 fully saturated rings. The maximum absolute atomic E-state index is 8.89. The predicted octanol–water partition coefficient (Wildman–Crippen LogP) is 1.34. The van der Waals surface area contributed by atoms with Crippen LogP contribution in [0.25, 0.3) is 0 Å². The molecule has 1 aromatic rings. The van der Waals surface area contributed by atoms with Gasteiger partial charge in [0.15, 0.2) is 0 Å². The maximum Gasteiger partial charge on any atom is 0.0642 e. The summed E-state index contributed by atoms with van der Waals surface area (Å²) in [5, 5.41) is 8.89. The van der Waals surface area contributed by atoms with Crippen LogP contribution >= 0.6 is 0 Å². The number of hydrogen-bond donors (Lipinski definition) is 1. The lowest BCUT2D eigenvalue weighted by atomic mass is 10.1. The molecule has 1 saturated heterocycles. The number of rotatable bonds is 6. The summed E-state index contributed by atoms with van der Waals surface area (Å²) in [6.07, 6.45) is 0.830. The van der Waals surface area contributed by atoms with E-state index < -0.39 is 0 Å². The Balaban J connectivity index is 2.02. The van der Waals surface area contributed by atoms with E-state index in [1.54, 1.807) is 0 Å². The zero-order valence-electron chi connectivity index (χ0n) is 11.7. The highest BCUT2D eigenvalue weighted by atomic mass is 16.5. The quantitative estimate of drug-likeness (QED) is 0.841. The van der Waals surface area contributed by atoms with E-state index in [1.165, 1.54) is 11.3 Å². The standard InChI is InChI=1S/C15H24N2O2/c1-16(7-4-10-18)13-14-5-2-3-6-15(14)17-8-11-19-12-9-17/h2-3,5-6,18H,4,7-13H2,1H3. The molecule has 2 rings (SSSR count). The van der Waals surface area contributed by atoms with E-state index in [9.17, 15) is 0 Å². The van der Waals surface area contributed by atoms with Crippen LogP contribution in [-0.4, -0.2) is 56.5 Å². The van der Waals surface area contributed by atoms with Gasteiger partial charge in [-0.1, -0.05) is 18.2 Å². The lowest BCUT2D eigenvalue weighted by Crippen LogP contribution is -2.37. The van der Waals surface area contributed by atoms with Crippen molar-refractivity contribution in [3.05, 3.63) is 29.8 Å². The van der Waals surface area contributed by atoms with Gasteiger partial charge in [0.05, 0.1) is 13.2 Å². The molecule has 0 aliphatic carbocycles. The number of aliphatic hydroxyl groups excluding tert-OH is 1. The number of hydrogen-bond acceptors (Lipinski definition) is 4. The molecular weight excluding hydrogens is 240 g/mol. The van der Waals surface area contributed by atoms with Gasteiger partial charge in [-0.3, -0.25) is 0 Å². The summed E-state index contributed by atoms with van der Waals surface area (Å²) in [7, 11) is 2.10. The second kappa shape index (κ2) is 7.48. The van der Waals surface area contributed by atoms with Gasteiger partial charge in [0.2, 0.25) is 0 Å². The average Bonchev–Trinajstić information content (AvgIpc) is 2.46. The highest BCUT2D eigenvalue weighted by Crippen LogP contribution is 2.22. The van der Waals surface area contributed by atoms with Crippen LogP contribution in [0.2, 0.25) is 0 Å². The fraction of sp³-hybridized carbons (Fsp3) is 0.600. The Morgan fingerprint density at radius 1 is 1.26 bits per heavy atom. The van der Waals surface area contributed by atoms with Crippen molar-refractivity contribution >= 4 is 5.69 Å². The Morgan fingerprint density at radius 3 is 2.74 bits per heavy atom. The third-order valence-corrected chi connectivity index (χ3v) is 3.48. The molecule has 106 valence electrons. The summed E-state index contributed by atoms with van der Waals surface area (Å²) < 4.78 is 5.42. The van der Waals surface area contributed by atoms with Crippen molar-refractivity contribution in [1.82, 2.24) is 4.90 Å². The Hall–Kier alpha value is -1.10. The molecule has 0 bridgehead atoms. The molecule has 4 nitrogen and oxygen atoms in total. The van der Waals surface area contributed by atoms with Crippen LogP contribution in [0, 0.1) is 0 Å². The van der Waals surface area contributed by atoms with E-state index in [2.05, 4.69) is 41.1 Å². The van der Waals surface area contributed by atoms with Crippen LogP contribution in [0.4, 0.5) is 5.69 Å². The molecular formula is C15H24N2O2. The Labute approximate surface area is 115 Å². The number of ether oxygens (including phenoxy) is 1. The second-order valence-electron chi connectivity index (χ2n) is 5.04. The van der Waals surface area contributed by atoms with E-state index in [-0.39, 0.29) is 6.61 Å². The topological polar surface area (TPSA) is 35.9 Å². The van der Waals surface area contributed by atoms with Gasteiger partial charge in [-0.25, -0.2) is 0 Å². The van der Waals surface area contributed by atoms with E-state index in [4.69, 9.17) is 9.84 Å². The van der Waals surface area contributed by atoms with Crippen LogP contribution < -0.4 is 4.90 Å². The molecule has 0 saturated carbocycles.